The van der Waals surface area contributed by atoms with Crippen molar-refractivity contribution in [2.45, 2.75) is 31.5 Å². The summed E-state index contributed by atoms with van der Waals surface area (Å²) in [6.07, 6.45) is 1.18. The van der Waals surface area contributed by atoms with Gasteiger partial charge in [0, 0.05) is 23.6 Å². The van der Waals surface area contributed by atoms with E-state index in [2.05, 4.69) is 15.6 Å². The van der Waals surface area contributed by atoms with Crippen LogP contribution in [0, 0.1) is 0 Å². The third kappa shape index (κ3) is 3.55. The maximum atomic E-state index is 12.8. The quantitative estimate of drug-likeness (QED) is 0.584. The van der Waals surface area contributed by atoms with Gasteiger partial charge in [-0.1, -0.05) is 28.9 Å². The first-order valence-electron chi connectivity index (χ1n) is 10.0. The van der Waals surface area contributed by atoms with Crippen molar-refractivity contribution in [2.24, 2.45) is 0 Å². The van der Waals surface area contributed by atoms with E-state index < -0.39 is 18.1 Å². The normalized spacial score (nSPS) is 19.1. The summed E-state index contributed by atoms with van der Waals surface area (Å²) < 4.78 is 1.52. The number of fused-ring (bicyclic) bond motifs is 1. The van der Waals surface area contributed by atoms with Gasteiger partial charge in [0.25, 0.3) is 5.91 Å². The lowest BCUT2D eigenvalue weighted by Crippen LogP contribution is -2.52. The van der Waals surface area contributed by atoms with Gasteiger partial charge in [0.2, 0.25) is 11.8 Å². The molecule has 2 N–H and O–H groups in total. The molecule has 3 aromatic rings. The number of benzene rings is 2. The number of halogens is 1. The molecule has 9 nitrogen and oxygen atoms in total. The average Bonchev–Trinajstić information content (AvgIpc) is 3.39. The zero-order chi connectivity index (χ0) is 22.4. The number of hydrogen-bond donors (Lipinski definition) is 2. The highest BCUT2D eigenvalue weighted by molar-refractivity contribution is 6.30. The summed E-state index contributed by atoms with van der Waals surface area (Å²) in [4.78, 5) is 37.9. The molecule has 1 aromatic heterocycles. The molecule has 0 bridgehead atoms. The first-order chi connectivity index (χ1) is 15.4. The van der Waals surface area contributed by atoms with Crippen LogP contribution in [0.1, 0.15) is 46.1 Å². The van der Waals surface area contributed by atoms with E-state index in [1.807, 2.05) is 6.07 Å². The maximum Gasteiger partial charge on any atom is 0.255 e. The molecule has 2 atom stereocenters. The van der Waals surface area contributed by atoms with Crippen molar-refractivity contribution in [1.29, 1.82) is 0 Å². The Kier molecular flexibility index (Phi) is 4.99. The van der Waals surface area contributed by atoms with E-state index in [1.165, 1.54) is 9.58 Å². The van der Waals surface area contributed by atoms with Crippen LogP contribution >= 0.6 is 11.6 Å². The molecular weight excluding hydrogens is 434 g/mol. The number of carbonyl (C=O) groups excluding carboxylic acids is 3. The molecule has 3 amide bonds. The number of rotatable bonds is 4. The highest BCUT2D eigenvalue weighted by atomic mass is 35.5. The number of aliphatic hydroxyl groups excluding tert-OH is 1. The summed E-state index contributed by atoms with van der Waals surface area (Å²) in [5.74, 6) is -1.00. The smallest absolute Gasteiger partial charge is 0.255 e. The molecule has 0 aliphatic carbocycles. The second-order valence-electron chi connectivity index (χ2n) is 7.78. The number of imide groups is 1. The molecule has 10 heteroatoms. The van der Waals surface area contributed by atoms with Crippen LogP contribution < -0.4 is 5.32 Å². The van der Waals surface area contributed by atoms with Crippen LogP contribution in [-0.2, 0) is 16.1 Å². The Morgan fingerprint density at radius 2 is 1.91 bits per heavy atom. The third-order valence-corrected chi connectivity index (χ3v) is 6.00. The van der Waals surface area contributed by atoms with Gasteiger partial charge in [-0.15, -0.1) is 5.10 Å². The number of nitrogens with one attached hydrogen (secondary N) is 1. The van der Waals surface area contributed by atoms with E-state index in [1.54, 1.807) is 42.6 Å². The number of hydrogen-bond acceptors (Lipinski definition) is 6. The molecule has 2 aromatic carbocycles. The first-order valence-corrected chi connectivity index (χ1v) is 10.4. The Morgan fingerprint density at radius 1 is 1.12 bits per heavy atom. The van der Waals surface area contributed by atoms with Crippen LogP contribution in [-0.4, -0.2) is 48.8 Å². The van der Waals surface area contributed by atoms with Crippen LogP contribution in [0.15, 0.2) is 48.7 Å². The van der Waals surface area contributed by atoms with Crippen molar-refractivity contribution in [2.75, 3.05) is 0 Å². The minimum absolute atomic E-state index is 0.208. The van der Waals surface area contributed by atoms with Gasteiger partial charge in [-0.25, -0.2) is 4.68 Å². The highest BCUT2D eigenvalue weighted by Crippen LogP contribution is 2.29. The fourth-order valence-corrected chi connectivity index (χ4v) is 4.17. The molecule has 1 fully saturated rings. The van der Waals surface area contributed by atoms with Gasteiger partial charge in [-0.05, 0) is 47.9 Å². The summed E-state index contributed by atoms with van der Waals surface area (Å²) in [6.45, 7) is 0.267. The summed E-state index contributed by atoms with van der Waals surface area (Å²) in [5.41, 5.74) is 2.95. The summed E-state index contributed by atoms with van der Waals surface area (Å²) >= 11 is 5.90. The van der Waals surface area contributed by atoms with Gasteiger partial charge in [-0.3, -0.25) is 19.7 Å². The second kappa shape index (κ2) is 7.85. The van der Waals surface area contributed by atoms with E-state index in [9.17, 15) is 19.5 Å². The van der Waals surface area contributed by atoms with Crippen LogP contribution in [0.2, 0.25) is 5.02 Å². The van der Waals surface area contributed by atoms with Crippen molar-refractivity contribution in [3.63, 3.8) is 0 Å². The lowest BCUT2D eigenvalue weighted by atomic mass is 10.0. The highest BCUT2D eigenvalue weighted by Gasteiger charge is 2.39. The van der Waals surface area contributed by atoms with Crippen molar-refractivity contribution in [3.05, 3.63) is 76.1 Å². The molecule has 0 spiro atoms. The molecule has 162 valence electrons. The molecular formula is C22H18ClN5O4. The summed E-state index contributed by atoms with van der Waals surface area (Å²) in [5, 5.41) is 21.6. The fraction of sp³-hybridized carbons (Fsp3) is 0.227. The second-order valence-corrected chi connectivity index (χ2v) is 8.22. The number of aliphatic hydroxyl groups is 1. The Morgan fingerprint density at radius 3 is 2.66 bits per heavy atom. The van der Waals surface area contributed by atoms with Crippen LogP contribution in [0.5, 0.6) is 0 Å². The van der Waals surface area contributed by atoms with E-state index in [-0.39, 0.29) is 24.8 Å². The Balaban J connectivity index is 1.37. The molecule has 0 saturated carbocycles. The van der Waals surface area contributed by atoms with Crippen LogP contribution in [0.3, 0.4) is 0 Å². The van der Waals surface area contributed by atoms with Gasteiger partial charge >= 0.3 is 0 Å². The van der Waals surface area contributed by atoms with E-state index in [0.29, 0.717) is 34.0 Å². The van der Waals surface area contributed by atoms with Gasteiger partial charge in [-0.2, -0.15) is 0 Å². The number of piperidine rings is 1. The number of carbonyl (C=O) groups is 3. The largest absolute Gasteiger partial charge is 0.382 e. The predicted octanol–water partition coefficient (Wildman–Crippen LogP) is 1.76. The predicted molar refractivity (Wildman–Crippen MR) is 113 cm³/mol. The van der Waals surface area contributed by atoms with Gasteiger partial charge in [0.1, 0.15) is 17.8 Å². The molecule has 1 saturated heterocycles. The summed E-state index contributed by atoms with van der Waals surface area (Å²) in [7, 11) is 0. The molecule has 5 rings (SSSR count). The lowest BCUT2D eigenvalue weighted by Gasteiger charge is -2.29. The van der Waals surface area contributed by atoms with Gasteiger partial charge < -0.3 is 10.0 Å². The zero-order valence-electron chi connectivity index (χ0n) is 16.7. The average molecular weight is 452 g/mol. The topological polar surface area (TPSA) is 117 Å². The van der Waals surface area contributed by atoms with Crippen LogP contribution in [0.25, 0.3) is 5.69 Å². The Hall–Kier alpha value is -3.56. The zero-order valence-corrected chi connectivity index (χ0v) is 17.5. The molecule has 0 radical (unpaired) electrons. The third-order valence-electron chi connectivity index (χ3n) is 5.75. The Bertz CT molecular complexity index is 1240. The molecule has 2 unspecified atom stereocenters. The van der Waals surface area contributed by atoms with Gasteiger partial charge in [0.15, 0.2) is 0 Å². The molecule has 32 heavy (non-hydrogen) atoms. The standard InChI is InChI=1S/C22H18ClN5O4/c23-14-3-1-12(2-4-14)20(30)17-11-28(26-25-17)15-5-6-16-13(9-15)10-27(22(16)32)18-7-8-19(29)24-21(18)31/h1-6,9,11,18,20,30H,7-8,10H2,(H,24,29,31). The van der Waals surface area contributed by atoms with E-state index in [0.717, 1.165) is 5.56 Å². The van der Waals surface area contributed by atoms with Crippen molar-refractivity contribution < 1.29 is 19.5 Å². The monoisotopic (exact) mass is 451 g/mol. The minimum atomic E-state index is -0.958. The number of aromatic nitrogens is 3. The minimum Gasteiger partial charge on any atom is -0.382 e. The van der Waals surface area contributed by atoms with Crippen molar-refractivity contribution >= 4 is 29.3 Å². The molecule has 2 aliphatic heterocycles. The Labute approximate surface area is 187 Å². The van der Waals surface area contributed by atoms with E-state index in [4.69, 9.17) is 11.6 Å². The van der Waals surface area contributed by atoms with E-state index >= 15 is 0 Å². The number of amides is 3. The fourth-order valence-electron chi connectivity index (χ4n) is 4.05. The first kappa shape index (κ1) is 20.3. The maximum absolute atomic E-state index is 12.8. The van der Waals surface area contributed by atoms with Gasteiger partial charge in [0.05, 0.1) is 11.9 Å². The molecule has 2 aliphatic rings. The van der Waals surface area contributed by atoms with Crippen molar-refractivity contribution in [1.82, 2.24) is 25.2 Å². The summed E-state index contributed by atoms with van der Waals surface area (Å²) in [6, 6.07) is 11.4. The van der Waals surface area contributed by atoms with Crippen LogP contribution in [0.4, 0.5) is 0 Å². The lowest BCUT2D eigenvalue weighted by molar-refractivity contribution is -0.136. The molecule has 3 heterocycles. The van der Waals surface area contributed by atoms with Crippen molar-refractivity contribution in [3.8, 4) is 5.69 Å². The number of nitrogens with zero attached hydrogens (tertiary/aromatic N) is 4. The SMILES string of the molecule is O=C1CCC(N2Cc3cc(-n4cc(C(O)c5ccc(Cl)cc5)nn4)ccc3C2=O)C(=O)N1.